The Kier molecular flexibility index (Phi) is 5.13. The van der Waals surface area contributed by atoms with Crippen molar-refractivity contribution in [2.45, 2.75) is 26.7 Å². The molecule has 3 heterocycles. The van der Waals surface area contributed by atoms with Gasteiger partial charge in [-0.25, -0.2) is 9.97 Å². The number of hydrogen-bond donors (Lipinski definition) is 1. The minimum Gasteiger partial charge on any atom is -0.360 e. The van der Waals surface area contributed by atoms with Gasteiger partial charge in [0.25, 0.3) is 0 Å². The predicted octanol–water partition coefficient (Wildman–Crippen LogP) is 3.39. The molecule has 4 rings (SSSR count). The van der Waals surface area contributed by atoms with E-state index in [1.807, 2.05) is 37.4 Å². The number of Topliss-reactive ketones (excluding diaryl/α,β-unsaturated/α-hetero) is 1. The largest absolute Gasteiger partial charge is 0.360 e. The van der Waals surface area contributed by atoms with Crippen LogP contribution in [0.4, 0.5) is 5.82 Å². The van der Waals surface area contributed by atoms with E-state index in [-0.39, 0.29) is 5.78 Å². The molecule has 0 atom stereocenters. The Morgan fingerprint density at radius 1 is 1.14 bits per heavy atom. The highest BCUT2D eigenvalue weighted by Crippen LogP contribution is 2.21. The van der Waals surface area contributed by atoms with Crippen LogP contribution in [-0.2, 0) is 0 Å². The van der Waals surface area contributed by atoms with Crippen molar-refractivity contribution in [2.24, 2.45) is 0 Å². The summed E-state index contributed by atoms with van der Waals surface area (Å²) in [6.07, 6.45) is 1.83. The molecule has 6 nitrogen and oxygen atoms in total. The lowest BCUT2D eigenvalue weighted by Crippen LogP contribution is -2.48. The number of H-pyrrole nitrogens is 1. The van der Waals surface area contributed by atoms with Crippen LogP contribution in [-0.4, -0.2) is 58.4 Å². The number of ketones is 1. The lowest BCUT2D eigenvalue weighted by molar-refractivity contribution is 0.0928. The molecule has 2 aromatic heterocycles. The van der Waals surface area contributed by atoms with E-state index >= 15 is 0 Å². The van der Waals surface area contributed by atoms with Crippen LogP contribution in [0.25, 0.3) is 10.9 Å². The number of hydrogen-bond acceptors (Lipinski definition) is 5. The minimum absolute atomic E-state index is 0.172. The number of anilines is 1. The zero-order valence-electron chi connectivity index (χ0n) is 16.8. The normalized spacial score (nSPS) is 15.5. The molecule has 0 bridgehead atoms. The summed E-state index contributed by atoms with van der Waals surface area (Å²) >= 11 is 0. The second-order valence-corrected chi connectivity index (χ2v) is 7.81. The molecule has 1 saturated heterocycles. The number of aromatic nitrogens is 3. The predicted molar refractivity (Wildman–Crippen MR) is 112 cm³/mol. The first kappa shape index (κ1) is 18.6. The second-order valence-electron chi connectivity index (χ2n) is 7.81. The van der Waals surface area contributed by atoms with Crippen molar-refractivity contribution in [3.8, 4) is 0 Å². The van der Waals surface area contributed by atoms with E-state index in [9.17, 15) is 4.79 Å². The first-order valence-corrected chi connectivity index (χ1v) is 9.93. The summed E-state index contributed by atoms with van der Waals surface area (Å²) in [6.45, 7) is 10.2. The maximum absolute atomic E-state index is 12.8. The fraction of sp³-hybridized carbons (Fsp3) is 0.409. The number of nitrogens with zero attached hydrogens (tertiary/aromatic N) is 4. The molecular weight excluding hydrogens is 350 g/mol. The van der Waals surface area contributed by atoms with Crippen molar-refractivity contribution in [3.63, 3.8) is 0 Å². The molecular formula is C22H27N5O. The van der Waals surface area contributed by atoms with Crippen LogP contribution in [0, 0.1) is 6.92 Å². The first-order valence-electron chi connectivity index (χ1n) is 9.93. The standard InChI is InChI=1S/C22H27N5O/c1-15(2)22-24-16(3)12-21(25-22)27-10-8-26(9-11-27)14-20(28)18-13-23-19-7-5-4-6-17(18)19/h4-7,12-13,15,23H,8-11,14H2,1-3H3. The van der Waals surface area contributed by atoms with Gasteiger partial charge in [0, 0.05) is 66.5 Å². The fourth-order valence-corrected chi connectivity index (χ4v) is 3.72. The summed E-state index contributed by atoms with van der Waals surface area (Å²) in [5, 5.41) is 1.00. The van der Waals surface area contributed by atoms with Gasteiger partial charge >= 0.3 is 0 Å². The van der Waals surface area contributed by atoms with Gasteiger partial charge in [0.05, 0.1) is 6.54 Å². The molecule has 0 aliphatic carbocycles. The van der Waals surface area contributed by atoms with Gasteiger partial charge in [-0.15, -0.1) is 0 Å². The number of piperazine rings is 1. The van der Waals surface area contributed by atoms with Gasteiger partial charge in [0.2, 0.25) is 0 Å². The molecule has 0 spiro atoms. The smallest absolute Gasteiger partial charge is 0.178 e. The number of para-hydroxylation sites is 1. The summed E-state index contributed by atoms with van der Waals surface area (Å²) in [7, 11) is 0. The fourth-order valence-electron chi connectivity index (χ4n) is 3.72. The van der Waals surface area contributed by atoms with E-state index in [2.05, 4.69) is 39.7 Å². The van der Waals surface area contributed by atoms with Crippen LogP contribution < -0.4 is 4.90 Å². The van der Waals surface area contributed by atoms with E-state index in [0.717, 1.165) is 60.0 Å². The Morgan fingerprint density at radius 2 is 1.89 bits per heavy atom. The molecule has 0 unspecified atom stereocenters. The number of benzene rings is 1. The Balaban J connectivity index is 1.40. The Morgan fingerprint density at radius 3 is 2.64 bits per heavy atom. The van der Waals surface area contributed by atoms with Crippen LogP contribution >= 0.6 is 0 Å². The van der Waals surface area contributed by atoms with Crippen molar-refractivity contribution in [2.75, 3.05) is 37.6 Å². The molecule has 28 heavy (non-hydrogen) atoms. The monoisotopic (exact) mass is 377 g/mol. The van der Waals surface area contributed by atoms with Crippen LogP contribution in [0.5, 0.6) is 0 Å². The Labute approximate surface area is 165 Å². The van der Waals surface area contributed by atoms with Crippen LogP contribution in [0.2, 0.25) is 0 Å². The molecule has 0 radical (unpaired) electrons. The number of carbonyl (C=O) groups is 1. The topological polar surface area (TPSA) is 65.1 Å². The van der Waals surface area contributed by atoms with Crippen molar-refractivity contribution in [3.05, 3.63) is 53.6 Å². The quantitative estimate of drug-likeness (QED) is 0.691. The van der Waals surface area contributed by atoms with E-state index in [0.29, 0.717) is 12.5 Å². The van der Waals surface area contributed by atoms with Crippen LogP contribution in [0.1, 0.15) is 41.6 Å². The van der Waals surface area contributed by atoms with Crippen molar-refractivity contribution in [1.29, 1.82) is 0 Å². The number of nitrogens with one attached hydrogen (secondary N) is 1. The van der Waals surface area contributed by atoms with Gasteiger partial charge in [-0.1, -0.05) is 32.0 Å². The molecule has 3 aromatic rings. The third kappa shape index (κ3) is 3.78. The average Bonchev–Trinajstić information content (AvgIpc) is 3.12. The zero-order chi connectivity index (χ0) is 19.7. The molecule has 1 aromatic carbocycles. The highest BCUT2D eigenvalue weighted by molar-refractivity contribution is 6.08. The molecule has 1 fully saturated rings. The Hall–Kier alpha value is -2.73. The molecule has 6 heteroatoms. The first-order chi connectivity index (χ1) is 13.5. The maximum atomic E-state index is 12.8. The molecule has 146 valence electrons. The minimum atomic E-state index is 0.172. The lowest BCUT2D eigenvalue weighted by atomic mass is 10.1. The lowest BCUT2D eigenvalue weighted by Gasteiger charge is -2.35. The highest BCUT2D eigenvalue weighted by atomic mass is 16.1. The molecule has 0 saturated carbocycles. The van der Waals surface area contributed by atoms with E-state index in [1.165, 1.54) is 0 Å². The van der Waals surface area contributed by atoms with E-state index in [1.54, 1.807) is 0 Å². The Bertz CT molecular complexity index is 986. The number of fused-ring (bicyclic) bond motifs is 1. The average molecular weight is 377 g/mol. The maximum Gasteiger partial charge on any atom is 0.178 e. The number of carbonyl (C=O) groups excluding carboxylic acids is 1. The van der Waals surface area contributed by atoms with Crippen molar-refractivity contribution in [1.82, 2.24) is 19.9 Å². The molecule has 0 amide bonds. The zero-order valence-corrected chi connectivity index (χ0v) is 16.8. The van der Waals surface area contributed by atoms with Crippen molar-refractivity contribution >= 4 is 22.5 Å². The highest BCUT2D eigenvalue weighted by Gasteiger charge is 2.22. The van der Waals surface area contributed by atoms with Crippen molar-refractivity contribution < 1.29 is 4.79 Å². The van der Waals surface area contributed by atoms with Crippen LogP contribution in [0.3, 0.4) is 0 Å². The van der Waals surface area contributed by atoms with Gasteiger partial charge in [0.15, 0.2) is 5.78 Å². The van der Waals surface area contributed by atoms with Gasteiger partial charge in [-0.2, -0.15) is 0 Å². The third-order valence-electron chi connectivity index (χ3n) is 5.33. The summed E-state index contributed by atoms with van der Waals surface area (Å²) in [4.78, 5) is 29.8. The molecule has 1 aliphatic heterocycles. The third-order valence-corrected chi connectivity index (χ3v) is 5.33. The van der Waals surface area contributed by atoms with Crippen LogP contribution in [0.15, 0.2) is 36.5 Å². The van der Waals surface area contributed by atoms with Gasteiger partial charge in [-0.05, 0) is 13.0 Å². The second kappa shape index (κ2) is 7.72. The SMILES string of the molecule is Cc1cc(N2CCN(CC(=O)c3c[nH]c4ccccc34)CC2)nc(C(C)C)n1. The summed E-state index contributed by atoms with van der Waals surface area (Å²) in [5.74, 6) is 2.38. The summed E-state index contributed by atoms with van der Waals surface area (Å²) in [5.41, 5.74) is 2.80. The van der Waals surface area contributed by atoms with E-state index in [4.69, 9.17) is 4.98 Å². The van der Waals surface area contributed by atoms with Gasteiger partial charge < -0.3 is 9.88 Å². The summed E-state index contributed by atoms with van der Waals surface area (Å²) in [6, 6.07) is 10.0. The summed E-state index contributed by atoms with van der Waals surface area (Å²) < 4.78 is 0. The van der Waals surface area contributed by atoms with Gasteiger partial charge in [-0.3, -0.25) is 9.69 Å². The van der Waals surface area contributed by atoms with E-state index < -0.39 is 0 Å². The number of aryl methyl sites for hydroxylation is 1. The molecule has 1 N–H and O–H groups in total. The number of rotatable bonds is 5. The van der Waals surface area contributed by atoms with Gasteiger partial charge in [0.1, 0.15) is 11.6 Å². The number of aromatic amines is 1. The molecule has 1 aliphatic rings.